The van der Waals surface area contributed by atoms with E-state index in [1.807, 2.05) is 6.07 Å². The number of rotatable bonds is 6. The zero-order chi connectivity index (χ0) is 17.6. The van der Waals surface area contributed by atoms with Crippen molar-refractivity contribution in [2.24, 2.45) is 0 Å². The lowest BCUT2D eigenvalue weighted by atomic mass is 10.1. The zero-order valence-electron chi connectivity index (χ0n) is 14.1. The lowest BCUT2D eigenvalue weighted by molar-refractivity contribution is -0.141. The number of benzene rings is 1. The van der Waals surface area contributed by atoms with Crippen LogP contribution in [-0.4, -0.2) is 67.0 Å². The molecule has 2 heterocycles. The van der Waals surface area contributed by atoms with Crippen LogP contribution in [0.3, 0.4) is 0 Å². The molecule has 2 atom stereocenters. The summed E-state index contributed by atoms with van der Waals surface area (Å²) in [6.45, 7) is 2.35. The maximum atomic E-state index is 12.7. The Morgan fingerprint density at radius 3 is 2.84 bits per heavy atom. The van der Waals surface area contributed by atoms with E-state index >= 15 is 0 Å². The molecule has 1 N–H and O–H groups in total. The van der Waals surface area contributed by atoms with Crippen LogP contribution in [0.25, 0.3) is 0 Å². The first-order valence-electron chi connectivity index (χ1n) is 8.59. The van der Waals surface area contributed by atoms with Crippen molar-refractivity contribution in [3.63, 3.8) is 0 Å². The van der Waals surface area contributed by atoms with Crippen LogP contribution in [-0.2, 0) is 14.3 Å². The van der Waals surface area contributed by atoms with Crippen molar-refractivity contribution in [1.29, 1.82) is 0 Å². The fourth-order valence-electron chi connectivity index (χ4n) is 3.09. The Bertz CT molecular complexity index is 613. The van der Waals surface area contributed by atoms with Crippen LogP contribution in [0.4, 0.5) is 0 Å². The Morgan fingerprint density at radius 2 is 2.08 bits per heavy atom. The van der Waals surface area contributed by atoms with Crippen molar-refractivity contribution in [3.05, 3.63) is 29.8 Å². The fraction of sp³-hybridized carbons (Fsp3) is 0.556. The molecule has 136 valence electrons. The van der Waals surface area contributed by atoms with Crippen LogP contribution in [0.5, 0.6) is 5.75 Å². The molecule has 1 aromatic carbocycles. The fourth-order valence-corrected chi connectivity index (χ4v) is 3.09. The molecule has 0 aromatic heterocycles. The van der Waals surface area contributed by atoms with Crippen molar-refractivity contribution >= 4 is 11.9 Å². The van der Waals surface area contributed by atoms with E-state index in [0.717, 1.165) is 19.4 Å². The minimum atomic E-state index is -0.927. The highest BCUT2D eigenvalue weighted by Crippen LogP contribution is 2.19. The number of ether oxygens (including phenoxy) is 3. The molecule has 25 heavy (non-hydrogen) atoms. The minimum Gasteiger partial charge on any atom is -0.491 e. The Hall–Kier alpha value is -2.12. The van der Waals surface area contributed by atoms with Gasteiger partial charge in [0.05, 0.1) is 25.2 Å². The summed E-state index contributed by atoms with van der Waals surface area (Å²) in [5, 5.41) is 8.88. The standard InChI is InChI=1S/C18H23NO6/c20-17(21)10-16-11-19(6-8-24-16)18(22)13-3-1-4-14(9-13)25-12-15-5-2-7-23-15/h1,3-4,9,15-16H,2,5-8,10-12H2,(H,20,21)/t15-,16+/m1/s1. The first-order chi connectivity index (χ1) is 12.1. The van der Waals surface area contributed by atoms with E-state index in [1.54, 1.807) is 23.1 Å². The summed E-state index contributed by atoms with van der Waals surface area (Å²) in [6.07, 6.45) is 1.61. The van der Waals surface area contributed by atoms with Gasteiger partial charge in [-0.3, -0.25) is 9.59 Å². The summed E-state index contributed by atoms with van der Waals surface area (Å²) in [5.41, 5.74) is 0.529. The van der Waals surface area contributed by atoms with E-state index in [-0.39, 0.29) is 25.0 Å². The van der Waals surface area contributed by atoms with Crippen LogP contribution in [0, 0.1) is 0 Å². The van der Waals surface area contributed by atoms with Crippen molar-refractivity contribution in [2.45, 2.75) is 31.5 Å². The van der Waals surface area contributed by atoms with Crippen molar-refractivity contribution < 1.29 is 28.9 Å². The number of morpholine rings is 1. The highest BCUT2D eigenvalue weighted by Gasteiger charge is 2.26. The molecule has 0 bridgehead atoms. The zero-order valence-corrected chi connectivity index (χ0v) is 14.1. The summed E-state index contributed by atoms with van der Waals surface area (Å²) in [4.78, 5) is 25.2. The quantitative estimate of drug-likeness (QED) is 0.839. The third-order valence-corrected chi connectivity index (χ3v) is 4.37. The number of carboxylic acid groups (broad SMARTS) is 1. The number of hydrogen-bond acceptors (Lipinski definition) is 5. The van der Waals surface area contributed by atoms with Gasteiger partial charge in [-0.25, -0.2) is 0 Å². The number of carbonyl (C=O) groups is 2. The second-order valence-corrected chi connectivity index (χ2v) is 6.32. The maximum Gasteiger partial charge on any atom is 0.306 e. The van der Waals surface area contributed by atoms with Crippen LogP contribution >= 0.6 is 0 Å². The van der Waals surface area contributed by atoms with Gasteiger partial charge in [0.2, 0.25) is 0 Å². The summed E-state index contributed by atoms with van der Waals surface area (Å²) >= 11 is 0. The number of amides is 1. The molecule has 2 fully saturated rings. The van der Waals surface area contributed by atoms with Gasteiger partial charge in [-0.05, 0) is 31.0 Å². The first-order valence-corrected chi connectivity index (χ1v) is 8.59. The highest BCUT2D eigenvalue weighted by molar-refractivity contribution is 5.94. The van der Waals surface area contributed by atoms with Gasteiger partial charge < -0.3 is 24.2 Å². The second kappa shape index (κ2) is 8.31. The Morgan fingerprint density at radius 1 is 1.24 bits per heavy atom. The van der Waals surface area contributed by atoms with Crippen LogP contribution < -0.4 is 4.74 Å². The first kappa shape index (κ1) is 17.7. The molecule has 2 aliphatic heterocycles. The lowest BCUT2D eigenvalue weighted by Crippen LogP contribution is -2.46. The summed E-state index contributed by atoms with van der Waals surface area (Å²) in [7, 11) is 0. The molecule has 2 aliphatic rings. The van der Waals surface area contributed by atoms with Crippen LogP contribution in [0.15, 0.2) is 24.3 Å². The molecule has 3 rings (SSSR count). The molecule has 0 aliphatic carbocycles. The van der Waals surface area contributed by atoms with Gasteiger partial charge in [0, 0.05) is 25.3 Å². The second-order valence-electron chi connectivity index (χ2n) is 6.32. The molecular weight excluding hydrogens is 326 g/mol. The van der Waals surface area contributed by atoms with Crippen LogP contribution in [0.2, 0.25) is 0 Å². The van der Waals surface area contributed by atoms with Crippen molar-refractivity contribution in [3.8, 4) is 5.75 Å². The van der Waals surface area contributed by atoms with Gasteiger partial charge >= 0.3 is 5.97 Å². The third-order valence-electron chi connectivity index (χ3n) is 4.37. The molecule has 1 amide bonds. The van der Waals surface area contributed by atoms with Crippen LogP contribution in [0.1, 0.15) is 29.6 Å². The largest absolute Gasteiger partial charge is 0.491 e. The SMILES string of the molecule is O=C(O)C[C@H]1CN(C(=O)c2cccc(OC[C@H]3CCCO3)c2)CCO1. The van der Waals surface area contributed by atoms with Crippen molar-refractivity contribution in [2.75, 3.05) is 32.9 Å². The number of aliphatic carboxylic acids is 1. The molecule has 0 spiro atoms. The minimum absolute atomic E-state index is 0.103. The van der Waals surface area contributed by atoms with E-state index in [1.165, 1.54) is 0 Å². The van der Waals surface area contributed by atoms with Gasteiger partial charge in [-0.1, -0.05) is 6.07 Å². The van der Waals surface area contributed by atoms with E-state index in [2.05, 4.69) is 0 Å². The normalized spacial score (nSPS) is 23.4. The van der Waals surface area contributed by atoms with E-state index in [4.69, 9.17) is 19.3 Å². The Balaban J connectivity index is 1.59. The monoisotopic (exact) mass is 349 g/mol. The van der Waals surface area contributed by atoms with Gasteiger partial charge in [0.15, 0.2) is 0 Å². The predicted molar refractivity (Wildman–Crippen MR) is 88.8 cm³/mol. The molecule has 7 nitrogen and oxygen atoms in total. The molecule has 0 radical (unpaired) electrons. The van der Waals surface area contributed by atoms with E-state index in [9.17, 15) is 9.59 Å². The maximum absolute atomic E-state index is 12.7. The number of nitrogens with zero attached hydrogens (tertiary/aromatic N) is 1. The Kier molecular flexibility index (Phi) is 5.88. The average Bonchev–Trinajstić information content (AvgIpc) is 3.13. The highest BCUT2D eigenvalue weighted by atomic mass is 16.5. The number of hydrogen-bond donors (Lipinski definition) is 1. The van der Waals surface area contributed by atoms with Gasteiger partial charge in [0.1, 0.15) is 12.4 Å². The number of carboxylic acids is 1. The molecule has 0 saturated carbocycles. The Labute approximate surface area is 146 Å². The van der Waals surface area contributed by atoms with Gasteiger partial charge in [-0.15, -0.1) is 0 Å². The van der Waals surface area contributed by atoms with Crippen molar-refractivity contribution in [1.82, 2.24) is 4.90 Å². The van der Waals surface area contributed by atoms with Gasteiger partial charge in [0.25, 0.3) is 5.91 Å². The summed E-state index contributed by atoms with van der Waals surface area (Å²) in [6, 6.07) is 7.06. The molecule has 2 saturated heterocycles. The molecular formula is C18H23NO6. The molecule has 0 unspecified atom stereocenters. The van der Waals surface area contributed by atoms with E-state index in [0.29, 0.717) is 31.1 Å². The predicted octanol–water partition coefficient (Wildman–Crippen LogP) is 1.56. The molecule has 1 aromatic rings. The molecule has 7 heteroatoms. The van der Waals surface area contributed by atoms with E-state index < -0.39 is 12.1 Å². The third kappa shape index (κ3) is 4.93. The lowest BCUT2D eigenvalue weighted by Gasteiger charge is -2.32. The summed E-state index contributed by atoms with van der Waals surface area (Å²) < 4.78 is 16.7. The van der Waals surface area contributed by atoms with Gasteiger partial charge in [-0.2, -0.15) is 0 Å². The smallest absolute Gasteiger partial charge is 0.306 e. The summed E-state index contributed by atoms with van der Waals surface area (Å²) in [5.74, 6) is -0.429. The topological polar surface area (TPSA) is 85.3 Å². The average molecular weight is 349 g/mol. The number of carbonyl (C=O) groups excluding carboxylic acids is 1.